The van der Waals surface area contributed by atoms with Crippen molar-refractivity contribution in [2.45, 2.75) is 19.9 Å². The number of aliphatic hydroxyl groups is 1. The third kappa shape index (κ3) is 2.90. The van der Waals surface area contributed by atoms with E-state index in [9.17, 15) is 10.1 Å². The van der Waals surface area contributed by atoms with Gasteiger partial charge in [-0.25, -0.2) is 4.98 Å². The zero-order valence-corrected chi connectivity index (χ0v) is 9.25. The predicted molar refractivity (Wildman–Crippen MR) is 60.2 cm³/mol. The van der Waals surface area contributed by atoms with Crippen LogP contribution in [0.5, 0.6) is 0 Å². The lowest BCUT2D eigenvalue weighted by Gasteiger charge is -2.20. The molecular weight excluding hydrogens is 210 g/mol. The van der Waals surface area contributed by atoms with Crippen molar-refractivity contribution < 1.29 is 10.0 Å². The molecule has 0 amide bonds. The second-order valence-electron chi connectivity index (χ2n) is 3.81. The first-order valence-corrected chi connectivity index (χ1v) is 5.03. The van der Waals surface area contributed by atoms with Gasteiger partial charge in [-0.05, 0) is 12.0 Å². The van der Waals surface area contributed by atoms with Gasteiger partial charge in [0.05, 0.1) is 17.6 Å². The average Bonchev–Trinajstić information content (AvgIpc) is 2.25. The Morgan fingerprint density at radius 2 is 2.31 bits per heavy atom. The Bertz CT molecular complexity index is 368. The predicted octanol–water partition coefficient (Wildman–Crippen LogP) is 1.42. The molecule has 0 fully saturated rings. The number of rotatable bonds is 5. The van der Waals surface area contributed by atoms with Crippen molar-refractivity contribution in [3.8, 4) is 0 Å². The van der Waals surface area contributed by atoms with E-state index in [2.05, 4.69) is 10.3 Å². The van der Waals surface area contributed by atoms with Crippen molar-refractivity contribution in [2.24, 2.45) is 5.92 Å². The minimum absolute atomic E-state index is 0.0819. The van der Waals surface area contributed by atoms with E-state index in [4.69, 9.17) is 5.11 Å². The maximum Gasteiger partial charge on any atom is 0.311 e. The minimum atomic E-state index is -0.496. The van der Waals surface area contributed by atoms with Crippen LogP contribution >= 0.6 is 0 Å². The highest BCUT2D eigenvalue weighted by molar-refractivity contribution is 5.55. The summed E-state index contributed by atoms with van der Waals surface area (Å²) in [4.78, 5) is 14.1. The first-order chi connectivity index (χ1) is 7.56. The van der Waals surface area contributed by atoms with E-state index in [1.165, 1.54) is 18.3 Å². The van der Waals surface area contributed by atoms with Gasteiger partial charge in [0.15, 0.2) is 0 Å². The molecule has 2 N–H and O–H groups in total. The van der Waals surface area contributed by atoms with Gasteiger partial charge in [0.1, 0.15) is 0 Å². The van der Waals surface area contributed by atoms with Crippen LogP contribution in [0.15, 0.2) is 18.3 Å². The molecule has 0 radical (unpaired) electrons. The Labute approximate surface area is 93.5 Å². The molecule has 0 unspecified atom stereocenters. The summed E-state index contributed by atoms with van der Waals surface area (Å²) >= 11 is 0. The molecule has 1 aromatic rings. The van der Waals surface area contributed by atoms with Crippen LogP contribution in [0.1, 0.15) is 13.8 Å². The molecule has 0 saturated carbocycles. The first-order valence-electron chi connectivity index (χ1n) is 5.03. The van der Waals surface area contributed by atoms with E-state index in [-0.39, 0.29) is 30.1 Å². The lowest BCUT2D eigenvalue weighted by molar-refractivity contribution is -0.384. The molecule has 6 heteroatoms. The second kappa shape index (κ2) is 5.41. The fourth-order valence-corrected chi connectivity index (χ4v) is 1.25. The van der Waals surface area contributed by atoms with Crippen molar-refractivity contribution in [1.82, 2.24) is 4.98 Å². The summed E-state index contributed by atoms with van der Waals surface area (Å²) in [5.74, 6) is 0.354. The zero-order chi connectivity index (χ0) is 12.1. The van der Waals surface area contributed by atoms with Crippen molar-refractivity contribution in [3.63, 3.8) is 0 Å². The Hall–Kier alpha value is -1.69. The summed E-state index contributed by atoms with van der Waals surface area (Å²) in [6.45, 7) is 3.75. The standard InChI is InChI=1S/C10H15N3O3/c1-7(2)8(6-14)12-10-9(13(15)16)4-3-5-11-10/h3-5,7-8,14H,6H2,1-2H3,(H,11,12)/t8-/m1/s1. The molecule has 0 saturated heterocycles. The first kappa shape index (κ1) is 12.4. The Balaban J connectivity index is 2.91. The highest BCUT2D eigenvalue weighted by atomic mass is 16.6. The monoisotopic (exact) mass is 225 g/mol. The van der Waals surface area contributed by atoms with Crippen LogP contribution in [0, 0.1) is 16.0 Å². The Morgan fingerprint density at radius 3 is 2.81 bits per heavy atom. The maximum absolute atomic E-state index is 10.7. The number of aromatic nitrogens is 1. The molecule has 1 heterocycles. The van der Waals surface area contributed by atoms with E-state index < -0.39 is 4.92 Å². The van der Waals surface area contributed by atoms with Crippen LogP contribution < -0.4 is 5.32 Å². The number of pyridine rings is 1. The summed E-state index contributed by atoms with van der Waals surface area (Å²) in [7, 11) is 0. The van der Waals surface area contributed by atoms with Crippen LogP contribution in [0.3, 0.4) is 0 Å². The minimum Gasteiger partial charge on any atom is -0.394 e. The van der Waals surface area contributed by atoms with Gasteiger partial charge in [-0.3, -0.25) is 10.1 Å². The summed E-state index contributed by atoms with van der Waals surface area (Å²) in [5.41, 5.74) is -0.0819. The maximum atomic E-state index is 10.7. The number of nitrogens with one attached hydrogen (secondary N) is 1. The van der Waals surface area contributed by atoms with Crippen molar-refractivity contribution in [3.05, 3.63) is 28.4 Å². The largest absolute Gasteiger partial charge is 0.394 e. The fourth-order valence-electron chi connectivity index (χ4n) is 1.25. The van der Waals surface area contributed by atoms with Gasteiger partial charge in [-0.2, -0.15) is 0 Å². The van der Waals surface area contributed by atoms with Crippen LogP contribution in [0.4, 0.5) is 11.5 Å². The van der Waals surface area contributed by atoms with E-state index in [0.717, 1.165) is 0 Å². The smallest absolute Gasteiger partial charge is 0.311 e. The SMILES string of the molecule is CC(C)[C@@H](CO)Nc1ncccc1[N+](=O)[O-]. The molecule has 0 aliphatic carbocycles. The van der Waals surface area contributed by atoms with E-state index in [1.807, 2.05) is 13.8 Å². The molecule has 0 spiro atoms. The van der Waals surface area contributed by atoms with Gasteiger partial charge >= 0.3 is 5.69 Å². The topological polar surface area (TPSA) is 88.3 Å². The molecule has 1 aromatic heterocycles. The Morgan fingerprint density at radius 1 is 1.62 bits per heavy atom. The summed E-state index contributed by atoms with van der Waals surface area (Å²) in [6, 6.07) is 2.64. The van der Waals surface area contributed by atoms with Crippen LogP contribution in [-0.4, -0.2) is 27.7 Å². The van der Waals surface area contributed by atoms with Gasteiger partial charge in [0, 0.05) is 12.3 Å². The zero-order valence-electron chi connectivity index (χ0n) is 9.25. The molecular formula is C10H15N3O3. The molecule has 6 nitrogen and oxygen atoms in total. The summed E-state index contributed by atoms with van der Waals surface area (Å²) in [5, 5.41) is 22.7. The molecule has 16 heavy (non-hydrogen) atoms. The van der Waals surface area contributed by atoms with Crippen molar-refractivity contribution in [2.75, 3.05) is 11.9 Å². The molecule has 0 aromatic carbocycles. The molecule has 0 aliphatic rings. The number of anilines is 1. The van der Waals surface area contributed by atoms with Crippen molar-refractivity contribution in [1.29, 1.82) is 0 Å². The van der Waals surface area contributed by atoms with Gasteiger partial charge in [-0.1, -0.05) is 13.8 Å². The molecule has 0 aliphatic heterocycles. The number of nitrogens with zero attached hydrogens (tertiary/aromatic N) is 2. The lowest BCUT2D eigenvalue weighted by Crippen LogP contribution is -2.30. The fraction of sp³-hybridized carbons (Fsp3) is 0.500. The highest BCUT2D eigenvalue weighted by Crippen LogP contribution is 2.22. The van der Waals surface area contributed by atoms with Gasteiger partial charge in [-0.15, -0.1) is 0 Å². The van der Waals surface area contributed by atoms with Gasteiger partial charge < -0.3 is 10.4 Å². The summed E-state index contributed by atoms with van der Waals surface area (Å²) < 4.78 is 0. The van der Waals surface area contributed by atoms with Crippen LogP contribution in [0.2, 0.25) is 0 Å². The van der Waals surface area contributed by atoms with Gasteiger partial charge in [0.2, 0.25) is 5.82 Å². The molecule has 1 rings (SSSR count). The number of hydrogen-bond acceptors (Lipinski definition) is 5. The third-order valence-corrected chi connectivity index (χ3v) is 2.31. The lowest BCUT2D eigenvalue weighted by atomic mass is 10.1. The third-order valence-electron chi connectivity index (χ3n) is 2.31. The number of hydrogen-bond donors (Lipinski definition) is 2. The highest BCUT2D eigenvalue weighted by Gasteiger charge is 2.19. The normalized spacial score (nSPS) is 12.5. The van der Waals surface area contributed by atoms with Crippen LogP contribution in [-0.2, 0) is 0 Å². The number of aliphatic hydroxyl groups excluding tert-OH is 1. The molecule has 1 atom stereocenters. The molecule has 88 valence electrons. The quantitative estimate of drug-likeness (QED) is 0.584. The summed E-state index contributed by atoms with van der Waals surface area (Å²) in [6.07, 6.45) is 1.48. The van der Waals surface area contributed by atoms with Crippen LogP contribution in [0.25, 0.3) is 0 Å². The number of nitro groups is 1. The van der Waals surface area contributed by atoms with Crippen molar-refractivity contribution >= 4 is 11.5 Å². The average molecular weight is 225 g/mol. The molecule has 0 bridgehead atoms. The van der Waals surface area contributed by atoms with E-state index in [1.54, 1.807) is 0 Å². The van der Waals surface area contributed by atoms with E-state index >= 15 is 0 Å². The van der Waals surface area contributed by atoms with E-state index in [0.29, 0.717) is 0 Å². The van der Waals surface area contributed by atoms with Gasteiger partial charge in [0.25, 0.3) is 0 Å². The Kier molecular flexibility index (Phi) is 4.19. The second-order valence-corrected chi connectivity index (χ2v) is 3.81.